The van der Waals surface area contributed by atoms with Crippen molar-refractivity contribution in [3.05, 3.63) is 35.4 Å². The molecule has 1 N–H and O–H groups in total. The van der Waals surface area contributed by atoms with Gasteiger partial charge >= 0.3 is 5.97 Å². The summed E-state index contributed by atoms with van der Waals surface area (Å²) in [5.74, 6) is -0.255. The minimum absolute atomic E-state index is 0.120. The molecule has 1 unspecified atom stereocenters. The van der Waals surface area contributed by atoms with Crippen LogP contribution in [-0.2, 0) is 11.2 Å². The Morgan fingerprint density at radius 3 is 2.17 bits per heavy atom. The van der Waals surface area contributed by atoms with E-state index in [-0.39, 0.29) is 17.7 Å². The molecule has 126 valence electrons. The fourth-order valence-corrected chi connectivity index (χ4v) is 3.22. The van der Waals surface area contributed by atoms with Crippen molar-refractivity contribution < 1.29 is 14.7 Å². The molecule has 1 aliphatic rings. The van der Waals surface area contributed by atoms with Crippen LogP contribution in [0.2, 0.25) is 0 Å². The van der Waals surface area contributed by atoms with E-state index in [0.717, 1.165) is 12.0 Å². The average molecular weight is 317 g/mol. The van der Waals surface area contributed by atoms with Crippen molar-refractivity contribution in [1.29, 1.82) is 0 Å². The average Bonchev–Trinajstić information content (AvgIpc) is 2.53. The molecule has 0 bridgehead atoms. The number of carboxylic acid groups (broad SMARTS) is 1. The van der Waals surface area contributed by atoms with E-state index < -0.39 is 5.97 Å². The maximum absolute atomic E-state index is 12.6. The number of hydrogen-bond acceptors (Lipinski definition) is 3. The molecular weight excluding hydrogens is 290 g/mol. The lowest BCUT2D eigenvalue weighted by molar-refractivity contribution is -0.143. The Kier molecular flexibility index (Phi) is 5.94. The number of piperidine rings is 1. The van der Waals surface area contributed by atoms with Gasteiger partial charge in [0.05, 0.1) is 12.0 Å². The molecule has 0 aliphatic carbocycles. The monoisotopic (exact) mass is 317 g/mol. The molecule has 1 saturated heterocycles. The summed E-state index contributed by atoms with van der Waals surface area (Å²) in [6.07, 6.45) is 2.27. The SMILES string of the molecule is CC(C)Cc1ccc(C(=O)C(C)N2CCC(C(=O)O)CC2)cc1. The van der Waals surface area contributed by atoms with Gasteiger partial charge in [0.1, 0.15) is 0 Å². The molecule has 2 rings (SSSR count). The van der Waals surface area contributed by atoms with Crippen molar-refractivity contribution in [3.63, 3.8) is 0 Å². The van der Waals surface area contributed by atoms with E-state index in [2.05, 4.69) is 18.7 Å². The van der Waals surface area contributed by atoms with Crippen LogP contribution in [0.3, 0.4) is 0 Å². The summed E-state index contributed by atoms with van der Waals surface area (Å²) in [7, 11) is 0. The minimum atomic E-state index is -0.718. The van der Waals surface area contributed by atoms with Crippen molar-refractivity contribution in [3.8, 4) is 0 Å². The normalized spacial score (nSPS) is 18.1. The maximum atomic E-state index is 12.6. The van der Waals surface area contributed by atoms with Crippen molar-refractivity contribution in [2.75, 3.05) is 13.1 Å². The van der Waals surface area contributed by atoms with E-state index in [1.54, 1.807) is 0 Å². The number of carbonyl (C=O) groups excluding carboxylic acids is 1. The smallest absolute Gasteiger partial charge is 0.306 e. The lowest BCUT2D eigenvalue weighted by Crippen LogP contribution is -2.45. The van der Waals surface area contributed by atoms with Crippen LogP contribution in [-0.4, -0.2) is 40.9 Å². The summed E-state index contributed by atoms with van der Waals surface area (Å²) in [5.41, 5.74) is 2.00. The number of Topliss-reactive ketones (excluding diaryl/α,β-unsaturated/α-hetero) is 1. The predicted molar refractivity (Wildman–Crippen MR) is 90.7 cm³/mol. The van der Waals surface area contributed by atoms with Crippen molar-refractivity contribution in [1.82, 2.24) is 4.90 Å². The van der Waals surface area contributed by atoms with E-state index in [1.165, 1.54) is 5.56 Å². The molecule has 1 aromatic carbocycles. The van der Waals surface area contributed by atoms with E-state index in [4.69, 9.17) is 5.11 Å². The molecular formula is C19H27NO3. The Balaban J connectivity index is 1.96. The van der Waals surface area contributed by atoms with Gasteiger partial charge in [-0.1, -0.05) is 38.1 Å². The van der Waals surface area contributed by atoms with Gasteiger partial charge in [0.15, 0.2) is 5.78 Å². The van der Waals surface area contributed by atoms with Gasteiger partial charge < -0.3 is 5.11 Å². The number of rotatable bonds is 6. The number of carboxylic acids is 1. The van der Waals surface area contributed by atoms with Crippen LogP contribution in [0.1, 0.15) is 49.5 Å². The molecule has 0 amide bonds. The molecule has 0 saturated carbocycles. The fourth-order valence-electron chi connectivity index (χ4n) is 3.22. The Bertz CT molecular complexity index is 542. The van der Waals surface area contributed by atoms with Gasteiger partial charge in [-0.2, -0.15) is 0 Å². The minimum Gasteiger partial charge on any atom is -0.481 e. The first-order valence-electron chi connectivity index (χ1n) is 8.48. The molecule has 4 nitrogen and oxygen atoms in total. The Morgan fingerprint density at radius 1 is 1.13 bits per heavy atom. The third-order valence-corrected chi connectivity index (χ3v) is 4.69. The zero-order valence-corrected chi connectivity index (χ0v) is 14.3. The summed E-state index contributed by atoms with van der Waals surface area (Å²) < 4.78 is 0. The summed E-state index contributed by atoms with van der Waals surface area (Å²) in [6.45, 7) is 7.64. The van der Waals surface area contributed by atoms with Gasteiger partial charge in [0.25, 0.3) is 0 Å². The summed E-state index contributed by atoms with van der Waals surface area (Å²) in [5, 5.41) is 9.05. The first kappa shape index (κ1) is 17.7. The van der Waals surface area contributed by atoms with Gasteiger partial charge in [0.2, 0.25) is 0 Å². The molecule has 1 atom stereocenters. The highest BCUT2D eigenvalue weighted by molar-refractivity contribution is 5.99. The quantitative estimate of drug-likeness (QED) is 0.818. The predicted octanol–water partition coefficient (Wildman–Crippen LogP) is 3.25. The molecule has 1 fully saturated rings. The molecule has 4 heteroatoms. The molecule has 1 aliphatic heterocycles. The first-order valence-corrected chi connectivity index (χ1v) is 8.48. The van der Waals surface area contributed by atoms with E-state index in [9.17, 15) is 9.59 Å². The molecule has 0 spiro atoms. The molecule has 0 aromatic heterocycles. The third kappa shape index (κ3) is 4.64. The standard InChI is InChI=1S/C19H27NO3/c1-13(2)12-15-4-6-16(7-5-15)18(21)14(3)20-10-8-17(9-11-20)19(22)23/h4-7,13-14,17H,8-12H2,1-3H3,(H,22,23). The van der Waals surface area contributed by atoms with Gasteiger partial charge in [-0.05, 0) is 50.8 Å². The molecule has 0 radical (unpaired) electrons. The van der Waals surface area contributed by atoms with Crippen LogP contribution in [0.4, 0.5) is 0 Å². The highest BCUT2D eigenvalue weighted by Crippen LogP contribution is 2.21. The van der Waals surface area contributed by atoms with Crippen LogP contribution in [0, 0.1) is 11.8 Å². The van der Waals surface area contributed by atoms with Crippen LogP contribution < -0.4 is 0 Å². The second-order valence-electron chi connectivity index (χ2n) is 6.98. The van der Waals surface area contributed by atoms with Crippen LogP contribution in [0.15, 0.2) is 24.3 Å². The van der Waals surface area contributed by atoms with Gasteiger partial charge in [-0.25, -0.2) is 0 Å². The highest BCUT2D eigenvalue weighted by atomic mass is 16.4. The van der Waals surface area contributed by atoms with Gasteiger partial charge in [0, 0.05) is 5.56 Å². The maximum Gasteiger partial charge on any atom is 0.306 e. The lowest BCUT2D eigenvalue weighted by atomic mass is 9.94. The van der Waals surface area contributed by atoms with E-state index in [0.29, 0.717) is 31.8 Å². The Labute approximate surface area is 138 Å². The Morgan fingerprint density at radius 2 is 1.70 bits per heavy atom. The topological polar surface area (TPSA) is 57.6 Å². The highest BCUT2D eigenvalue weighted by Gasteiger charge is 2.29. The number of hydrogen-bond donors (Lipinski definition) is 1. The van der Waals surface area contributed by atoms with Crippen molar-refractivity contribution in [2.45, 2.75) is 46.1 Å². The van der Waals surface area contributed by atoms with Crippen molar-refractivity contribution in [2.24, 2.45) is 11.8 Å². The lowest BCUT2D eigenvalue weighted by Gasteiger charge is -2.33. The Hall–Kier alpha value is -1.68. The fraction of sp³-hybridized carbons (Fsp3) is 0.579. The molecule has 23 heavy (non-hydrogen) atoms. The third-order valence-electron chi connectivity index (χ3n) is 4.69. The van der Waals surface area contributed by atoms with Crippen LogP contribution in [0.5, 0.6) is 0 Å². The summed E-state index contributed by atoms with van der Waals surface area (Å²) >= 11 is 0. The van der Waals surface area contributed by atoms with Crippen LogP contribution in [0.25, 0.3) is 0 Å². The number of nitrogens with zero attached hydrogens (tertiary/aromatic N) is 1. The number of carbonyl (C=O) groups is 2. The zero-order chi connectivity index (χ0) is 17.0. The molecule has 1 heterocycles. The first-order chi connectivity index (χ1) is 10.9. The second kappa shape index (κ2) is 7.73. The number of benzene rings is 1. The van der Waals surface area contributed by atoms with E-state index >= 15 is 0 Å². The summed E-state index contributed by atoms with van der Waals surface area (Å²) in [6, 6.07) is 7.72. The number of aliphatic carboxylic acids is 1. The summed E-state index contributed by atoms with van der Waals surface area (Å²) in [4.78, 5) is 25.7. The van der Waals surface area contributed by atoms with Gasteiger partial charge in [-0.15, -0.1) is 0 Å². The zero-order valence-electron chi connectivity index (χ0n) is 14.3. The van der Waals surface area contributed by atoms with Gasteiger partial charge in [-0.3, -0.25) is 14.5 Å². The van der Waals surface area contributed by atoms with E-state index in [1.807, 2.05) is 31.2 Å². The number of ketones is 1. The molecule has 1 aromatic rings. The van der Waals surface area contributed by atoms with Crippen LogP contribution >= 0.6 is 0 Å². The number of likely N-dealkylation sites (tertiary alicyclic amines) is 1. The van der Waals surface area contributed by atoms with Crippen molar-refractivity contribution >= 4 is 11.8 Å². The largest absolute Gasteiger partial charge is 0.481 e. The second-order valence-corrected chi connectivity index (χ2v) is 6.98.